The van der Waals surface area contributed by atoms with E-state index in [9.17, 15) is 0 Å². The van der Waals surface area contributed by atoms with Crippen molar-refractivity contribution in [3.63, 3.8) is 0 Å². The Morgan fingerprint density at radius 1 is 0.487 bits per heavy atom. The summed E-state index contributed by atoms with van der Waals surface area (Å²) in [6, 6.07) is 45.4. The van der Waals surface area contributed by atoms with E-state index in [4.69, 9.17) is 9.40 Å². The lowest BCUT2D eigenvalue weighted by molar-refractivity contribution is 0.574. The molecule has 3 aromatic heterocycles. The number of hydrogen-bond donors (Lipinski definition) is 0. The van der Waals surface area contributed by atoms with Gasteiger partial charge in [-0.25, -0.2) is 0 Å². The van der Waals surface area contributed by atoms with E-state index in [2.05, 4.69) is 112 Å². The second-order valence-electron chi connectivity index (χ2n) is 10.0. The Balaban J connectivity index is 1.58. The van der Waals surface area contributed by atoms with Crippen LogP contribution in [0.5, 0.6) is 0 Å². The van der Waals surface area contributed by atoms with Gasteiger partial charge in [-0.1, -0.05) is 91.0 Å². The molecule has 0 saturated heterocycles. The summed E-state index contributed by atoms with van der Waals surface area (Å²) in [6.07, 6.45) is 0. The third kappa shape index (κ3) is 2.75. The summed E-state index contributed by atoms with van der Waals surface area (Å²) in [4.78, 5) is 4.96. The van der Waals surface area contributed by atoms with E-state index in [0.717, 1.165) is 33.3 Å². The second kappa shape index (κ2) is 7.59. The molecule has 9 aromatic rings. The van der Waals surface area contributed by atoms with Crippen molar-refractivity contribution >= 4 is 65.5 Å². The van der Waals surface area contributed by atoms with Crippen molar-refractivity contribution in [2.45, 2.75) is 0 Å². The number of oxazole rings is 1. The molecule has 0 N–H and O–H groups in total. The van der Waals surface area contributed by atoms with Gasteiger partial charge in [0, 0.05) is 27.2 Å². The minimum Gasteiger partial charge on any atom is -0.423 e. The van der Waals surface area contributed by atoms with E-state index in [1.54, 1.807) is 0 Å². The van der Waals surface area contributed by atoms with Crippen LogP contribution in [0.2, 0.25) is 0 Å². The van der Waals surface area contributed by atoms with Crippen LogP contribution in [0, 0.1) is 0 Å². The van der Waals surface area contributed by atoms with E-state index in [1.165, 1.54) is 37.8 Å². The molecule has 0 unspecified atom stereocenters. The summed E-state index contributed by atoms with van der Waals surface area (Å²) in [7, 11) is 0. The number of benzene rings is 6. The van der Waals surface area contributed by atoms with Crippen molar-refractivity contribution < 1.29 is 4.42 Å². The van der Waals surface area contributed by atoms with E-state index >= 15 is 0 Å². The standard InChI is InChI=1S/C35H21N3O/c1-2-11-23(12-3-1)37-30-21-18-22-10-4-5-13-24(22)32(30)27-20-19-26-25-14-6-8-16-29(25)38(33(26)34(27)37)35-36-28-15-7-9-17-31(28)39-35/h1-21H. The van der Waals surface area contributed by atoms with E-state index in [1.807, 2.05) is 24.3 Å². The molecule has 0 aliphatic rings. The fraction of sp³-hybridized carbons (Fsp3) is 0. The molecule has 0 radical (unpaired) electrons. The van der Waals surface area contributed by atoms with Crippen LogP contribution in [0.15, 0.2) is 132 Å². The molecule has 4 heteroatoms. The van der Waals surface area contributed by atoms with Crippen molar-refractivity contribution in [3.8, 4) is 11.7 Å². The zero-order valence-corrected chi connectivity index (χ0v) is 20.9. The maximum Gasteiger partial charge on any atom is 0.307 e. The zero-order chi connectivity index (χ0) is 25.5. The molecular formula is C35H21N3O. The summed E-state index contributed by atoms with van der Waals surface area (Å²) >= 11 is 0. The van der Waals surface area contributed by atoms with Crippen molar-refractivity contribution in [1.29, 1.82) is 0 Å². The molecule has 4 nitrogen and oxygen atoms in total. The average molecular weight is 500 g/mol. The van der Waals surface area contributed by atoms with Crippen molar-refractivity contribution in [1.82, 2.24) is 14.1 Å². The van der Waals surface area contributed by atoms with Crippen LogP contribution in [0.1, 0.15) is 0 Å². The summed E-state index contributed by atoms with van der Waals surface area (Å²) in [5.41, 5.74) is 7.22. The Bertz CT molecular complexity index is 2360. The van der Waals surface area contributed by atoms with Crippen LogP contribution in [-0.2, 0) is 0 Å². The zero-order valence-electron chi connectivity index (χ0n) is 20.9. The summed E-state index contributed by atoms with van der Waals surface area (Å²) < 4.78 is 11.0. The number of aromatic nitrogens is 3. The first-order valence-electron chi connectivity index (χ1n) is 13.2. The van der Waals surface area contributed by atoms with Crippen LogP contribution in [0.25, 0.3) is 77.2 Å². The first-order valence-corrected chi connectivity index (χ1v) is 13.2. The molecule has 9 rings (SSSR count). The Labute approximate surface area is 222 Å². The van der Waals surface area contributed by atoms with Crippen molar-refractivity contribution in [2.24, 2.45) is 0 Å². The predicted octanol–water partition coefficient (Wildman–Crippen LogP) is 9.18. The van der Waals surface area contributed by atoms with E-state index in [0.29, 0.717) is 6.01 Å². The minimum atomic E-state index is 0.574. The number of nitrogens with zero attached hydrogens (tertiary/aromatic N) is 3. The molecule has 39 heavy (non-hydrogen) atoms. The van der Waals surface area contributed by atoms with Crippen LogP contribution >= 0.6 is 0 Å². The van der Waals surface area contributed by atoms with Crippen LogP contribution in [-0.4, -0.2) is 14.1 Å². The number of rotatable bonds is 2. The Kier molecular flexibility index (Phi) is 4.02. The second-order valence-corrected chi connectivity index (χ2v) is 10.0. The van der Waals surface area contributed by atoms with Gasteiger partial charge < -0.3 is 8.98 Å². The molecule has 0 aliphatic heterocycles. The molecule has 0 fully saturated rings. The molecule has 182 valence electrons. The molecule has 0 saturated carbocycles. The Morgan fingerprint density at radius 2 is 1.21 bits per heavy atom. The summed E-state index contributed by atoms with van der Waals surface area (Å²) in [5.74, 6) is 0. The molecule has 6 aromatic carbocycles. The SMILES string of the molecule is c1ccc(-n2c3ccc4ccccc4c3c3ccc4c5ccccc5n(-c5nc6ccccc6o5)c4c32)cc1. The van der Waals surface area contributed by atoms with Gasteiger partial charge in [-0.3, -0.25) is 4.57 Å². The highest BCUT2D eigenvalue weighted by molar-refractivity contribution is 6.28. The molecule has 0 aliphatic carbocycles. The van der Waals surface area contributed by atoms with Gasteiger partial charge in [-0.05, 0) is 47.2 Å². The van der Waals surface area contributed by atoms with Gasteiger partial charge in [0.05, 0.1) is 22.1 Å². The fourth-order valence-electron chi connectivity index (χ4n) is 6.32. The van der Waals surface area contributed by atoms with E-state index < -0.39 is 0 Å². The van der Waals surface area contributed by atoms with Gasteiger partial charge in [-0.2, -0.15) is 4.98 Å². The highest BCUT2D eigenvalue weighted by Gasteiger charge is 2.23. The molecule has 0 bridgehead atoms. The quantitative estimate of drug-likeness (QED) is 0.238. The molecule has 0 amide bonds. The monoisotopic (exact) mass is 499 g/mol. The fourth-order valence-corrected chi connectivity index (χ4v) is 6.32. The van der Waals surface area contributed by atoms with Crippen LogP contribution < -0.4 is 0 Å². The lowest BCUT2D eigenvalue weighted by Crippen LogP contribution is -1.98. The van der Waals surface area contributed by atoms with Gasteiger partial charge in [0.1, 0.15) is 5.52 Å². The third-order valence-corrected chi connectivity index (χ3v) is 7.94. The average Bonchev–Trinajstić information content (AvgIpc) is 3.67. The topological polar surface area (TPSA) is 35.9 Å². The van der Waals surface area contributed by atoms with Gasteiger partial charge >= 0.3 is 6.01 Å². The normalized spacial score (nSPS) is 12.1. The number of fused-ring (bicyclic) bond motifs is 10. The lowest BCUT2D eigenvalue weighted by atomic mass is 10.0. The first-order chi connectivity index (χ1) is 19.4. The Morgan fingerprint density at radius 3 is 2.10 bits per heavy atom. The number of para-hydroxylation sites is 4. The first kappa shape index (κ1) is 20.7. The minimum absolute atomic E-state index is 0.574. The largest absolute Gasteiger partial charge is 0.423 e. The van der Waals surface area contributed by atoms with Crippen LogP contribution in [0.4, 0.5) is 0 Å². The van der Waals surface area contributed by atoms with Crippen molar-refractivity contribution in [3.05, 3.63) is 127 Å². The maximum absolute atomic E-state index is 6.41. The summed E-state index contributed by atoms with van der Waals surface area (Å²) in [6.45, 7) is 0. The summed E-state index contributed by atoms with van der Waals surface area (Å²) in [5, 5.41) is 7.29. The smallest absolute Gasteiger partial charge is 0.307 e. The molecule has 0 spiro atoms. The van der Waals surface area contributed by atoms with Crippen molar-refractivity contribution in [2.75, 3.05) is 0 Å². The molecular weight excluding hydrogens is 478 g/mol. The van der Waals surface area contributed by atoms with Gasteiger partial charge in [0.15, 0.2) is 5.58 Å². The number of hydrogen-bond acceptors (Lipinski definition) is 2. The van der Waals surface area contributed by atoms with E-state index in [-0.39, 0.29) is 0 Å². The van der Waals surface area contributed by atoms with Crippen LogP contribution in [0.3, 0.4) is 0 Å². The third-order valence-electron chi connectivity index (χ3n) is 7.94. The molecule has 3 heterocycles. The van der Waals surface area contributed by atoms with Gasteiger partial charge in [0.25, 0.3) is 0 Å². The lowest BCUT2D eigenvalue weighted by Gasteiger charge is -2.10. The predicted molar refractivity (Wildman–Crippen MR) is 160 cm³/mol. The highest BCUT2D eigenvalue weighted by Crippen LogP contribution is 2.43. The maximum atomic E-state index is 6.41. The van der Waals surface area contributed by atoms with Gasteiger partial charge in [0.2, 0.25) is 0 Å². The Hall–Kier alpha value is -5.35. The van der Waals surface area contributed by atoms with Gasteiger partial charge in [-0.15, -0.1) is 0 Å². The molecule has 0 atom stereocenters. The highest BCUT2D eigenvalue weighted by atomic mass is 16.4.